The number of amides is 1. The largest absolute Gasteiger partial charge is 0.380 e. The van der Waals surface area contributed by atoms with Gasteiger partial charge in [-0.25, -0.2) is 9.29 Å². The fourth-order valence-corrected chi connectivity index (χ4v) is 3.24. The summed E-state index contributed by atoms with van der Waals surface area (Å²) >= 11 is 0. The van der Waals surface area contributed by atoms with E-state index in [1.54, 1.807) is 19.3 Å². The predicted octanol–water partition coefficient (Wildman–Crippen LogP) is 0.819. The Hall–Kier alpha value is -1.73. The van der Waals surface area contributed by atoms with Crippen LogP contribution in [0, 0.1) is 0 Å². The molecule has 1 amide bonds. The highest BCUT2D eigenvalue weighted by Crippen LogP contribution is 2.27. The van der Waals surface area contributed by atoms with Gasteiger partial charge in [0.25, 0.3) is 15.9 Å². The molecule has 1 aromatic heterocycles. The lowest BCUT2D eigenvalue weighted by atomic mass is 10.2. The number of aromatic nitrogens is 1. The smallest absolute Gasteiger partial charge is 0.285 e. The van der Waals surface area contributed by atoms with Crippen LogP contribution in [0.3, 0.4) is 0 Å². The second-order valence-electron chi connectivity index (χ2n) is 4.18. The fraction of sp³-hybridized carbons (Fsp3) is 0.333. The lowest BCUT2D eigenvalue weighted by Crippen LogP contribution is -2.30. The summed E-state index contributed by atoms with van der Waals surface area (Å²) in [6.07, 6.45) is 3.02. The van der Waals surface area contributed by atoms with Crippen molar-refractivity contribution in [2.75, 3.05) is 20.3 Å². The second kappa shape index (κ2) is 5.10. The predicted molar refractivity (Wildman–Crippen MR) is 68.1 cm³/mol. The van der Waals surface area contributed by atoms with Crippen LogP contribution in [-0.2, 0) is 14.8 Å². The van der Waals surface area contributed by atoms with Crippen molar-refractivity contribution in [3.8, 4) is 0 Å². The van der Waals surface area contributed by atoms with Gasteiger partial charge in [-0.1, -0.05) is 11.6 Å². The Labute approximate surface area is 111 Å². The summed E-state index contributed by atoms with van der Waals surface area (Å²) in [5, 5.41) is -0.169. The highest BCUT2D eigenvalue weighted by atomic mass is 32.2. The molecule has 19 heavy (non-hydrogen) atoms. The van der Waals surface area contributed by atoms with Crippen molar-refractivity contribution in [1.29, 1.82) is 0 Å². The molecule has 0 atom stereocenters. The maximum Gasteiger partial charge on any atom is 0.285 e. The third-order valence-electron chi connectivity index (χ3n) is 2.74. The first-order valence-corrected chi connectivity index (χ1v) is 7.09. The quantitative estimate of drug-likeness (QED) is 0.764. The maximum atomic E-state index is 12.1. The number of fused-ring (bicyclic) bond motifs is 1. The molecule has 0 N–H and O–H groups in total. The van der Waals surface area contributed by atoms with Gasteiger partial charge in [0.1, 0.15) is 0 Å². The fourth-order valence-electron chi connectivity index (χ4n) is 1.81. The van der Waals surface area contributed by atoms with E-state index in [0.717, 1.165) is 9.88 Å². The monoisotopic (exact) mass is 282 g/mol. The second-order valence-corrected chi connectivity index (χ2v) is 5.96. The molecular weight excluding hydrogens is 268 g/mol. The molecule has 2 heterocycles. The number of rotatable bonds is 4. The summed E-state index contributed by atoms with van der Waals surface area (Å²) in [6.45, 7) is 2.20. The molecule has 7 heteroatoms. The minimum Gasteiger partial charge on any atom is -0.380 e. The topological polar surface area (TPSA) is 76.6 Å². The van der Waals surface area contributed by atoms with Crippen molar-refractivity contribution in [1.82, 2.24) is 9.29 Å². The molecule has 1 aliphatic heterocycles. The van der Waals surface area contributed by atoms with Crippen LogP contribution >= 0.6 is 0 Å². The summed E-state index contributed by atoms with van der Waals surface area (Å²) in [7, 11) is -2.27. The molecule has 2 rings (SSSR count). The molecule has 0 radical (unpaired) electrons. The lowest BCUT2D eigenvalue weighted by molar-refractivity contribution is 0.0880. The van der Waals surface area contributed by atoms with Crippen molar-refractivity contribution in [3.63, 3.8) is 0 Å². The molecule has 0 saturated carbocycles. The zero-order valence-corrected chi connectivity index (χ0v) is 11.5. The third kappa shape index (κ3) is 2.39. The Morgan fingerprint density at radius 3 is 2.89 bits per heavy atom. The van der Waals surface area contributed by atoms with Crippen LogP contribution in [0.1, 0.15) is 17.3 Å². The van der Waals surface area contributed by atoms with E-state index in [-0.39, 0.29) is 17.1 Å². The van der Waals surface area contributed by atoms with E-state index in [4.69, 9.17) is 4.74 Å². The number of pyridine rings is 1. The van der Waals surface area contributed by atoms with Gasteiger partial charge in [-0.2, -0.15) is 8.42 Å². The lowest BCUT2D eigenvalue weighted by Gasteiger charge is -2.12. The molecule has 102 valence electrons. The number of sulfonamides is 1. The molecular formula is C12H14N2O4S. The van der Waals surface area contributed by atoms with Crippen molar-refractivity contribution >= 4 is 15.9 Å². The van der Waals surface area contributed by atoms with Crippen LogP contribution in [0.15, 0.2) is 35.0 Å². The first-order chi connectivity index (χ1) is 8.98. The summed E-state index contributed by atoms with van der Waals surface area (Å²) in [4.78, 5) is 15.8. The minimum atomic E-state index is -3.82. The van der Waals surface area contributed by atoms with Crippen LogP contribution < -0.4 is 0 Å². The first-order valence-electron chi connectivity index (χ1n) is 5.65. The van der Waals surface area contributed by atoms with E-state index >= 15 is 0 Å². The molecule has 0 saturated heterocycles. The van der Waals surface area contributed by atoms with E-state index in [1.807, 2.05) is 6.92 Å². The number of nitrogens with zero attached hydrogens (tertiary/aromatic N) is 2. The van der Waals surface area contributed by atoms with E-state index < -0.39 is 15.9 Å². The van der Waals surface area contributed by atoms with Gasteiger partial charge in [0.2, 0.25) is 0 Å². The van der Waals surface area contributed by atoms with E-state index in [9.17, 15) is 13.2 Å². The normalized spacial score (nSPS) is 17.7. The van der Waals surface area contributed by atoms with Crippen LogP contribution in [0.2, 0.25) is 0 Å². The summed E-state index contributed by atoms with van der Waals surface area (Å²) in [6, 6.07) is 3.01. The Bertz CT molecular complexity index is 637. The molecule has 0 aromatic carbocycles. The molecule has 0 aliphatic carbocycles. The van der Waals surface area contributed by atoms with E-state index in [1.165, 1.54) is 12.3 Å². The van der Waals surface area contributed by atoms with Crippen LogP contribution in [0.25, 0.3) is 0 Å². The highest BCUT2D eigenvalue weighted by molar-refractivity contribution is 7.90. The Kier molecular flexibility index (Phi) is 3.68. The number of carbonyl (C=O) groups excluding carboxylic acids is 1. The average molecular weight is 282 g/mol. The highest BCUT2D eigenvalue weighted by Gasteiger charge is 2.41. The number of hydrogen-bond acceptors (Lipinski definition) is 5. The van der Waals surface area contributed by atoms with Gasteiger partial charge in [-0.3, -0.25) is 4.79 Å². The molecule has 6 nitrogen and oxygen atoms in total. The van der Waals surface area contributed by atoms with E-state index in [0.29, 0.717) is 6.61 Å². The molecule has 1 aliphatic rings. The number of methoxy groups -OCH3 is 1. The summed E-state index contributed by atoms with van der Waals surface area (Å²) in [5.41, 5.74) is 0.981. The third-order valence-corrected chi connectivity index (χ3v) is 4.45. The van der Waals surface area contributed by atoms with Crippen LogP contribution in [0.5, 0.6) is 0 Å². The van der Waals surface area contributed by atoms with Crippen LogP contribution in [0.4, 0.5) is 0 Å². The van der Waals surface area contributed by atoms with Gasteiger partial charge in [0, 0.05) is 13.3 Å². The van der Waals surface area contributed by atoms with Gasteiger partial charge in [-0.15, -0.1) is 0 Å². The Morgan fingerprint density at radius 1 is 1.53 bits per heavy atom. The van der Waals surface area contributed by atoms with Crippen molar-refractivity contribution < 1.29 is 17.9 Å². The summed E-state index contributed by atoms with van der Waals surface area (Å²) in [5.74, 6) is -0.537. The van der Waals surface area contributed by atoms with Gasteiger partial charge >= 0.3 is 0 Å². The van der Waals surface area contributed by atoms with Crippen molar-refractivity contribution in [2.24, 2.45) is 0 Å². The van der Waals surface area contributed by atoms with Gasteiger partial charge in [0.05, 0.1) is 18.7 Å². The summed E-state index contributed by atoms with van der Waals surface area (Å²) < 4.78 is 30.0. The molecule has 1 aromatic rings. The van der Waals surface area contributed by atoms with E-state index in [2.05, 4.69) is 4.98 Å². The number of hydrogen-bond donors (Lipinski definition) is 0. The molecule has 0 bridgehead atoms. The zero-order valence-electron chi connectivity index (χ0n) is 10.7. The van der Waals surface area contributed by atoms with Gasteiger partial charge < -0.3 is 4.74 Å². The number of ether oxygens (including phenoxy) is 1. The SMILES string of the molecule is COC/C(C)=C/CN1C(=O)c2cccnc2S1(=O)=O. The standard InChI is InChI=1S/C12H14N2O4S/c1-9(8-18-2)5-7-14-12(15)10-4-3-6-13-11(10)19(14,16)17/h3-6H,7-8H2,1-2H3/b9-5+. The van der Waals surface area contributed by atoms with Crippen LogP contribution in [-0.4, -0.2) is 43.9 Å². The first kappa shape index (κ1) is 13.7. The van der Waals surface area contributed by atoms with Crippen molar-refractivity contribution in [3.05, 3.63) is 35.5 Å². The maximum absolute atomic E-state index is 12.1. The van der Waals surface area contributed by atoms with Gasteiger partial charge in [-0.05, 0) is 19.1 Å². The minimum absolute atomic E-state index is 0.00722. The Morgan fingerprint density at radius 2 is 2.26 bits per heavy atom. The number of carbonyl (C=O) groups is 1. The molecule has 0 spiro atoms. The average Bonchev–Trinajstić information content (AvgIpc) is 2.57. The van der Waals surface area contributed by atoms with Gasteiger partial charge in [0.15, 0.2) is 5.03 Å². The molecule has 0 fully saturated rings. The molecule has 0 unspecified atom stereocenters. The Balaban J connectivity index is 2.31. The van der Waals surface area contributed by atoms with Crippen molar-refractivity contribution in [2.45, 2.75) is 11.9 Å². The zero-order chi connectivity index (χ0) is 14.0.